The van der Waals surface area contributed by atoms with Gasteiger partial charge in [0.25, 0.3) is 0 Å². The molecule has 76 valence electrons. The van der Waals surface area contributed by atoms with Gasteiger partial charge in [-0.1, -0.05) is 0 Å². The molecule has 0 saturated heterocycles. The van der Waals surface area contributed by atoms with Gasteiger partial charge >= 0.3 is 44.8 Å². The molecule has 0 aliphatic heterocycles. The molecular weight excluding hydrogens is 377 g/mol. The molecule has 0 aromatic rings. The first-order chi connectivity index (χ1) is 3.73. The standard InChI is InChI=1S/2Ag.ClHO4.NO3/c;;2-1(3,4)5;2-1(3)4/h;;(H,2,3,4,5);/q2*+1;;-1/p-1. The van der Waals surface area contributed by atoms with Crippen molar-refractivity contribution in [2.24, 2.45) is 0 Å². The van der Waals surface area contributed by atoms with Crippen LogP contribution in [-0.4, -0.2) is 5.09 Å². The second kappa shape index (κ2) is 10.8. The molecule has 0 aromatic carbocycles. The first-order valence-electron chi connectivity index (χ1n) is 1.16. The molecule has 0 unspecified atom stereocenters. The molecule has 0 rings (SSSR count). The average molecular weight is 377 g/mol. The number of halogens is 1. The van der Waals surface area contributed by atoms with Crippen LogP contribution in [0.25, 0.3) is 0 Å². The van der Waals surface area contributed by atoms with Crippen molar-refractivity contribution < 1.29 is 78.7 Å². The van der Waals surface area contributed by atoms with Gasteiger partial charge in [0, 0.05) is 0 Å². The van der Waals surface area contributed by atoms with Crippen molar-refractivity contribution in [1.82, 2.24) is 0 Å². The summed E-state index contributed by atoms with van der Waals surface area (Å²) in [6, 6.07) is 0. The van der Waals surface area contributed by atoms with Gasteiger partial charge in [0.15, 0.2) is 0 Å². The summed E-state index contributed by atoms with van der Waals surface area (Å²) in [5, 5.41) is 14.8. The van der Waals surface area contributed by atoms with Crippen LogP contribution >= 0.6 is 0 Å². The third-order valence-electron chi connectivity index (χ3n) is 0. The summed E-state index contributed by atoms with van der Waals surface area (Å²) in [5.41, 5.74) is 0. The van der Waals surface area contributed by atoms with Crippen LogP contribution in [0.5, 0.6) is 0 Å². The fourth-order valence-corrected chi connectivity index (χ4v) is 0. The zero-order chi connectivity index (χ0) is 8.08. The summed E-state index contributed by atoms with van der Waals surface area (Å²) in [6.45, 7) is 0. The van der Waals surface area contributed by atoms with Crippen molar-refractivity contribution in [1.29, 1.82) is 0 Å². The maximum Gasteiger partial charge on any atom is 1.00 e. The predicted octanol–water partition coefficient (Wildman–Crippen LogP) is -5.00. The Balaban J connectivity index is -0.0000000383. The Morgan fingerprint density at radius 3 is 0.909 bits per heavy atom. The Labute approximate surface area is 93.7 Å². The van der Waals surface area contributed by atoms with E-state index in [1.807, 2.05) is 0 Å². The second-order valence-electron chi connectivity index (χ2n) is 0.602. The van der Waals surface area contributed by atoms with Gasteiger partial charge in [0.1, 0.15) is 0 Å². The van der Waals surface area contributed by atoms with E-state index in [9.17, 15) is 0 Å². The number of hydrogen-bond acceptors (Lipinski definition) is 7. The van der Waals surface area contributed by atoms with E-state index in [1.54, 1.807) is 0 Å². The van der Waals surface area contributed by atoms with Crippen LogP contribution in [0.3, 0.4) is 0 Å². The van der Waals surface area contributed by atoms with Gasteiger partial charge in [-0.15, -0.1) is 10.2 Å². The molecule has 0 atom stereocenters. The summed E-state index contributed by atoms with van der Waals surface area (Å²) >= 11 is 0. The predicted molar refractivity (Wildman–Crippen MR) is 10.4 cm³/mol. The van der Waals surface area contributed by atoms with Gasteiger partial charge in [-0.05, 0) is 0 Å². The van der Waals surface area contributed by atoms with Gasteiger partial charge in [-0.25, -0.2) is 18.6 Å². The van der Waals surface area contributed by atoms with Crippen LogP contribution in [0.15, 0.2) is 0 Å². The number of rotatable bonds is 0. The van der Waals surface area contributed by atoms with Crippen LogP contribution in [0.1, 0.15) is 0 Å². The van der Waals surface area contributed by atoms with Gasteiger partial charge in [0.05, 0.1) is 5.09 Å². The van der Waals surface area contributed by atoms with E-state index in [4.69, 9.17) is 34.0 Å². The monoisotopic (exact) mass is 375 g/mol. The summed E-state index contributed by atoms with van der Waals surface area (Å²) in [6.07, 6.45) is 0. The molecule has 0 aliphatic carbocycles. The minimum Gasteiger partial charge on any atom is -0.356 e. The first-order valence-corrected chi connectivity index (χ1v) is 2.40. The quantitative estimate of drug-likeness (QED) is 0.232. The van der Waals surface area contributed by atoms with Crippen molar-refractivity contribution in [2.75, 3.05) is 0 Å². The maximum atomic E-state index is 8.49. The van der Waals surface area contributed by atoms with Crippen molar-refractivity contribution in [2.45, 2.75) is 0 Å². The topological polar surface area (TPSA) is 158 Å². The third kappa shape index (κ3) is 1280. The molecule has 0 amide bonds. The molecule has 0 bridgehead atoms. The van der Waals surface area contributed by atoms with Crippen molar-refractivity contribution in [3.8, 4) is 0 Å². The van der Waals surface area contributed by atoms with Crippen molar-refractivity contribution in [3.05, 3.63) is 15.3 Å². The maximum absolute atomic E-state index is 8.49. The van der Waals surface area contributed by atoms with E-state index in [0.29, 0.717) is 0 Å². The summed E-state index contributed by atoms with van der Waals surface area (Å²) < 4.78 is 34.0. The van der Waals surface area contributed by atoms with Crippen molar-refractivity contribution in [3.63, 3.8) is 0 Å². The van der Waals surface area contributed by atoms with Crippen LogP contribution < -0.4 is 18.6 Å². The first kappa shape index (κ1) is 22.6. The van der Waals surface area contributed by atoms with E-state index in [2.05, 4.69) is 0 Å². The van der Waals surface area contributed by atoms with Crippen LogP contribution in [0.4, 0.5) is 0 Å². The van der Waals surface area contributed by atoms with E-state index < -0.39 is 15.3 Å². The minimum atomic E-state index is -4.94. The van der Waals surface area contributed by atoms with Gasteiger partial charge < -0.3 is 15.3 Å². The van der Waals surface area contributed by atoms with Gasteiger partial charge in [-0.3, -0.25) is 0 Å². The molecule has 0 N–H and O–H groups in total. The summed E-state index contributed by atoms with van der Waals surface area (Å²) in [4.78, 5) is 8.25. The van der Waals surface area contributed by atoms with E-state index in [1.165, 1.54) is 0 Å². The van der Waals surface area contributed by atoms with Gasteiger partial charge in [0.2, 0.25) is 0 Å². The van der Waals surface area contributed by atoms with Crippen molar-refractivity contribution >= 4 is 0 Å². The molecule has 0 aliphatic rings. The molecule has 0 heterocycles. The summed E-state index contributed by atoms with van der Waals surface area (Å²) in [5.74, 6) is 0. The number of nitrogens with zero attached hydrogens (tertiary/aromatic N) is 1. The molecule has 0 aromatic heterocycles. The number of hydrogen-bond donors (Lipinski definition) is 0. The second-order valence-corrected chi connectivity index (χ2v) is 1.36. The van der Waals surface area contributed by atoms with Gasteiger partial charge in [-0.2, -0.15) is 0 Å². The van der Waals surface area contributed by atoms with E-state index >= 15 is 0 Å². The Hall–Kier alpha value is 0.811. The summed E-state index contributed by atoms with van der Waals surface area (Å²) in [7, 11) is -4.94. The largest absolute Gasteiger partial charge is 1.00 e. The fourth-order valence-electron chi connectivity index (χ4n) is 0. The van der Waals surface area contributed by atoms with Crippen LogP contribution in [0, 0.1) is 25.6 Å². The Morgan fingerprint density at radius 2 is 0.909 bits per heavy atom. The van der Waals surface area contributed by atoms with Crippen LogP contribution in [-0.2, 0) is 44.8 Å². The van der Waals surface area contributed by atoms with E-state index in [0.717, 1.165) is 0 Å². The Kier molecular flexibility index (Phi) is 22.2. The molecule has 0 radical (unpaired) electrons. The average Bonchev–Trinajstić information content (AvgIpc) is 1.19. The molecule has 0 spiro atoms. The fraction of sp³-hybridized carbons (Fsp3) is 0. The SMILES string of the molecule is O=[N+]([O-])[O-].[Ag+].[Ag+].[O-][Cl+3]([O-])([O-])[O-]. The minimum absolute atomic E-state index is 0. The molecule has 0 saturated carbocycles. The Bertz CT molecular complexity index is 78.9. The van der Waals surface area contributed by atoms with E-state index in [-0.39, 0.29) is 44.8 Å². The zero-order valence-electron chi connectivity index (χ0n) is 4.29. The molecular formula is Ag2ClNO7. The molecule has 11 heavy (non-hydrogen) atoms. The molecule has 0 fully saturated rings. The normalized spacial score (nSPS) is 7.64. The Morgan fingerprint density at radius 1 is 0.909 bits per heavy atom. The third-order valence-corrected chi connectivity index (χ3v) is 0. The molecule has 11 heteroatoms. The zero-order valence-corrected chi connectivity index (χ0v) is 8.01. The smallest absolute Gasteiger partial charge is 0.356 e. The van der Waals surface area contributed by atoms with Crippen LogP contribution in [0.2, 0.25) is 0 Å². The molecule has 8 nitrogen and oxygen atoms in total.